The van der Waals surface area contributed by atoms with Crippen molar-refractivity contribution in [1.82, 2.24) is 9.97 Å². The standard InChI is InChI=1S/C22H18Cl3N3O/c23-16-2-3-17(24)22-15(16)9-13(10-18(22)25)11-21-26-19-4-1-14(12-20(19)27-21)28-5-7-29-8-6-28/h1-4,9-10,12H,5-8,11H2,(H,26,27). The maximum atomic E-state index is 6.50. The van der Waals surface area contributed by atoms with E-state index in [1.54, 1.807) is 12.1 Å². The molecule has 148 valence electrons. The van der Waals surface area contributed by atoms with E-state index < -0.39 is 0 Å². The van der Waals surface area contributed by atoms with Crippen LogP contribution in [0.2, 0.25) is 15.1 Å². The van der Waals surface area contributed by atoms with E-state index in [2.05, 4.69) is 28.1 Å². The lowest BCUT2D eigenvalue weighted by molar-refractivity contribution is 0.122. The third-order valence-electron chi connectivity index (χ3n) is 5.28. The summed E-state index contributed by atoms with van der Waals surface area (Å²) in [6, 6.07) is 13.8. The molecular formula is C22H18Cl3N3O. The average Bonchev–Trinajstić information content (AvgIpc) is 3.12. The Hall–Kier alpha value is -1.98. The molecule has 1 saturated heterocycles. The van der Waals surface area contributed by atoms with E-state index in [0.717, 1.165) is 59.5 Å². The zero-order valence-electron chi connectivity index (χ0n) is 15.5. The SMILES string of the molecule is Clc1ccc(Cl)c2c(Cl)cc(Cc3nc4ccc(N5CCOCC5)cc4[nH]3)cc12. The Morgan fingerprint density at radius 3 is 2.55 bits per heavy atom. The van der Waals surface area contributed by atoms with E-state index in [0.29, 0.717) is 21.5 Å². The first-order valence-corrected chi connectivity index (χ1v) is 10.6. The van der Waals surface area contributed by atoms with E-state index in [4.69, 9.17) is 44.5 Å². The van der Waals surface area contributed by atoms with Crippen LogP contribution in [0.4, 0.5) is 5.69 Å². The summed E-state index contributed by atoms with van der Waals surface area (Å²) in [6.07, 6.45) is 0.625. The number of halogens is 3. The summed E-state index contributed by atoms with van der Waals surface area (Å²) in [5.41, 5.74) is 4.19. The lowest BCUT2D eigenvalue weighted by Crippen LogP contribution is -2.36. The van der Waals surface area contributed by atoms with Gasteiger partial charge >= 0.3 is 0 Å². The highest BCUT2D eigenvalue weighted by atomic mass is 35.5. The van der Waals surface area contributed by atoms with Gasteiger partial charge in [-0.05, 0) is 48.0 Å². The third kappa shape index (κ3) is 3.66. The van der Waals surface area contributed by atoms with Crippen LogP contribution in [0.5, 0.6) is 0 Å². The smallest absolute Gasteiger partial charge is 0.111 e. The van der Waals surface area contributed by atoms with Crippen LogP contribution in [0.1, 0.15) is 11.4 Å². The molecule has 0 atom stereocenters. The number of fused-ring (bicyclic) bond motifs is 2. The zero-order chi connectivity index (χ0) is 20.0. The molecule has 4 nitrogen and oxygen atoms in total. The maximum absolute atomic E-state index is 6.50. The number of hydrogen-bond acceptors (Lipinski definition) is 3. The number of benzene rings is 3. The van der Waals surface area contributed by atoms with Crippen molar-refractivity contribution in [2.24, 2.45) is 0 Å². The predicted molar refractivity (Wildman–Crippen MR) is 121 cm³/mol. The molecule has 0 radical (unpaired) electrons. The van der Waals surface area contributed by atoms with E-state index in [-0.39, 0.29) is 0 Å². The van der Waals surface area contributed by atoms with Gasteiger partial charge in [0, 0.05) is 46.0 Å². The minimum absolute atomic E-state index is 0.593. The number of nitrogens with one attached hydrogen (secondary N) is 1. The van der Waals surface area contributed by atoms with Crippen LogP contribution >= 0.6 is 34.8 Å². The van der Waals surface area contributed by atoms with Crippen LogP contribution in [0.15, 0.2) is 42.5 Å². The second kappa shape index (κ2) is 7.69. The highest BCUT2D eigenvalue weighted by Gasteiger charge is 2.14. The van der Waals surface area contributed by atoms with Crippen molar-refractivity contribution in [1.29, 1.82) is 0 Å². The van der Waals surface area contributed by atoms with Gasteiger partial charge in [-0.25, -0.2) is 4.98 Å². The summed E-state index contributed by atoms with van der Waals surface area (Å²) >= 11 is 19.2. The van der Waals surface area contributed by atoms with Gasteiger partial charge in [0.05, 0.1) is 29.3 Å². The Balaban J connectivity index is 1.48. The van der Waals surface area contributed by atoms with Gasteiger partial charge < -0.3 is 14.6 Å². The molecule has 1 fully saturated rings. The predicted octanol–water partition coefficient (Wildman–Crippen LogP) is 6.10. The number of rotatable bonds is 3. The van der Waals surface area contributed by atoms with Crippen LogP contribution < -0.4 is 4.90 Å². The summed E-state index contributed by atoms with van der Waals surface area (Å²) in [5.74, 6) is 0.882. The lowest BCUT2D eigenvalue weighted by Gasteiger charge is -2.28. The number of hydrogen-bond donors (Lipinski definition) is 1. The van der Waals surface area contributed by atoms with E-state index in [1.165, 1.54) is 5.69 Å². The van der Waals surface area contributed by atoms with Crippen LogP contribution in [-0.4, -0.2) is 36.3 Å². The molecule has 5 rings (SSSR count). The molecule has 0 amide bonds. The quantitative estimate of drug-likeness (QED) is 0.413. The van der Waals surface area contributed by atoms with Crippen molar-refractivity contribution < 1.29 is 4.74 Å². The fourth-order valence-corrected chi connectivity index (χ4v) is 4.73. The largest absolute Gasteiger partial charge is 0.378 e. The molecule has 1 aliphatic heterocycles. The molecule has 0 bridgehead atoms. The van der Waals surface area contributed by atoms with E-state index >= 15 is 0 Å². The normalized spacial score (nSPS) is 14.8. The molecular weight excluding hydrogens is 429 g/mol. The van der Waals surface area contributed by atoms with Crippen LogP contribution in [0, 0.1) is 0 Å². The van der Waals surface area contributed by atoms with E-state index in [9.17, 15) is 0 Å². The van der Waals surface area contributed by atoms with E-state index in [1.807, 2.05) is 12.1 Å². The Bertz CT molecular complexity index is 1220. The van der Waals surface area contributed by atoms with Crippen molar-refractivity contribution >= 4 is 62.3 Å². The molecule has 1 aliphatic rings. The Morgan fingerprint density at radius 1 is 0.931 bits per heavy atom. The highest BCUT2D eigenvalue weighted by Crippen LogP contribution is 2.36. The Labute approximate surface area is 183 Å². The van der Waals surface area contributed by atoms with Gasteiger partial charge in [-0.3, -0.25) is 0 Å². The minimum Gasteiger partial charge on any atom is -0.378 e. The van der Waals surface area contributed by atoms with Crippen LogP contribution in [-0.2, 0) is 11.2 Å². The molecule has 1 aromatic heterocycles. The molecule has 4 aromatic rings. The first kappa shape index (κ1) is 19.0. The maximum Gasteiger partial charge on any atom is 0.111 e. The van der Waals surface area contributed by atoms with Crippen molar-refractivity contribution in [3.8, 4) is 0 Å². The molecule has 0 spiro atoms. The summed E-state index contributed by atoms with van der Waals surface area (Å²) in [6.45, 7) is 3.35. The number of imidazole rings is 1. The fourth-order valence-electron chi connectivity index (χ4n) is 3.86. The average molecular weight is 447 g/mol. The Morgan fingerprint density at radius 2 is 1.72 bits per heavy atom. The van der Waals surface area contributed by atoms with Crippen molar-refractivity contribution in [2.45, 2.75) is 6.42 Å². The Kier molecular flexibility index (Phi) is 5.04. The molecule has 2 heterocycles. The molecule has 0 aliphatic carbocycles. The summed E-state index contributed by atoms with van der Waals surface area (Å²) < 4.78 is 5.44. The van der Waals surface area contributed by atoms with Gasteiger partial charge in [0.2, 0.25) is 0 Å². The van der Waals surface area contributed by atoms with Crippen molar-refractivity contribution in [3.63, 3.8) is 0 Å². The lowest BCUT2D eigenvalue weighted by atomic mass is 10.0. The summed E-state index contributed by atoms with van der Waals surface area (Å²) in [7, 11) is 0. The first-order valence-electron chi connectivity index (χ1n) is 9.46. The topological polar surface area (TPSA) is 41.2 Å². The number of aromatic amines is 1. The molecule has 3 aromatic carbocycles. The monoisotopic (exact) mass is 445 g/mol. The highest BCUT2D eigenvalue weighted by molar-refractivity contribution is 6.45. The van der Waals surface area contributed by atoms with Crippen molar-refractivity contribution in [3.05, 3.63) is 68.9 Å². The van der Waals surface area contributed by atoms with Crippen molar-refractivity contribution in [2.75, 3.05) is 31.2 Å². The molecule has 0 saturated carbocycles. The molecule has 29 heavy (non-hydrogen) atoms. The zero-order valence-corrected chi connectivity index (χ0v) is 17.8. The molecule has 7 heteroatoms. The fraction of sp³-hybridized carbons (Fsp3) is 0.227. The second-order valence-corrected chi connectivity index (χ2v) is 8.41. The first-order chi connectivity index (χ1) is 14.1. The summed E-state index contributed by atoms with van der Waals surface area (Å²) in [5, 5.41) is 3.46. The summed E-state index contributed by atoms with van der Waals surface area (Å²) in [4.78, 5) is 10.5. The number of anilines is 1. The van der Waals surface area contributed by atoms with Gasteiger partial charge in [0.25, 0.3) is 0 Å². The molecule has 0 unspecified atom stereocenters. The minimum atomic E-state index is 0.593. The second-order valence-electron chi connectivity index (χ2n) is 7.19. The number of morpholine rings is 1. The van der Waals surface area contributed by atoms with Gasteiger partial charge in [0.1, 0.15) is 5.82 Å². The van der Waals surface area contributed by atoms with Gasteiger partial charge in [-0.15, -0.1) is 0 Å². The number of H-pyrrole nitrogens is 1. The van der Waals surface area contributed by atoms with Gasteiger partial charge in [-0.1, -0.05) is 34.8 Å². The van der Waals surface area contributed by atoms with Crippen LogP contribution in [0.3, 0.4) is 0 Å². The van der Waals surface area contributed by atoms with Gasteiger partial charge in [0.15, 0.2) is 0 Å². The van der Waals surface area contributed by atoms with Gasteiger partial charge in [-0.2, -0.15) is 0 Å². The number of nitrogens with zero attached hydrogens (tertiary/aromatic N) is 2. The van der Waals surface area contributed by atoms with Crippen LogP contribution in [0.25, 0.3) is 21.8 Å². The number of aromatic nitrogens is 2. The number of ether oxygens (including phenoxy) is 1. The third-order valence-corrected chi connectivity index (χ3v) is 6.23. The molecule has 1 N–H and O–H groups in total.